The molecule has 0 saturated carbocycles. The Morgan fingerprint density at radius 2 is 1.88 bits per heavy atom. The van der Waals surface area contributed by atoms with Crippen LogP contribution in [0.4, 0.5) is 0 Å². The summed E-state index contributed by atoms with van der Waals surface area (Å²) >= 11 is 1.68. The Bertz CT molecular complexity index is 999. The van der Waals surface area contributed by atoms with Gasteiger partial charge >= 0.3 is 5.97 Å². The number of rotatable bonds is 10. The number of carbonyl (C=O) groups excluding carboxylic acids is 1. The summed E-state index contributed by atoms with van der Waals surface area (Å²) in [4.78, 5) is 23.8. The molecule has 1 heterocycles. The maximum Gasteiger partial charge on any atom is 0.314 e. The minimum atomic E-state index is -1.07. The lowest BCUT2D eigenvalue weighted by Crippen LogP contribution is -2.23. The van der Waals surface area contributed by atoms with Crippen LogP contribution in [0.2, 0.25) is 0 Å². The molecule has 1 N–H and O–H groups in total. The molecule has 0 aliphatic heterocycles. The highest BCUT2D eigenvalue weighted by atomic mass is 32.1. The monoisotopic (exact) mass is 480 g/mol. The molecule has 2 rings (SSSR count). The predicted octanol–water partition coefficient (Wildman–Crippen LogP) is 7.13. The number of thiophene rings is 1. The van der Waals surface area contributed by atoms with Gasteiger partial charge in [0.25, 0.3) is 0 Å². The van der Waals surface area contributed by atoms with Gasteiger partial charge in [0, 0.05) is 26.1 Å². The lowest BCUT2D eigenvalue weighted by molar-refractivity contribution is -0.146. The first-order valence-electron chi connectivity index (χ1n) is 11.3. The van der Waals surface area contributed by atoms with E-state index in [9.17, 15) is 14.7 Å². The molecule has 0 spiro atoms. The molecular formula is C29H36O4S. The van der Waals surface area contributed by atoms with Gasteiger partial charge in [-0.3, -0.25) is 9.59 Å². The van der Waals surface area contributed by atoms with E-state index in [1.165, 1.54) is 11.1 Å². The molecular weight excluding hydrogens is 444 g/mol. The second-order valence-electron chi connectivity index (χ2n) is 8.85. The van der Waals surface area contributed by atoms with Crippen molar-refractivity contribution >= 4 is 29.2 Å². The zero-order chi connectivity index (χ0) is 25.4. The largest absolute Gasteiger partial charge is 0.481 e. The number of hydrogen-bond acceptors (Lipinski definition) is 4. The third kappa shape index (κ3) is 12.3. The summed E-state index contributed by atoms with van der Waals surface area (Å²) in [6.45, 7) is 6.02. The van der Waals surface area contributed by atoms with Crippen LogP contribution in [0.15, 0.2) is 59.3 Å². The number of carboxylic acids is 1. The number of ketones is 1. The van der Waals surface area contributed by atoms with Gasteiger partial charge in [0.1, 0.15) is 11.7 Å². The van der Waals surface area contributed by atoms with E-state index in [-0.39, 0.29) is 24.0 Å². The van der Waals surface area contributed by atoms with E-state index < -0.39 is 11.9 Å². The standard InChI is InChI=1S/C27H30O3S.C2H6O/c1-27(2,3)17-9-5-7-14-24(26(29)30)25(28)15-8-4-6-11-21-12-10-13-22(19-21)23-16-18-31-20-23;1-3-2/h5-7,10-13,16,18-20,24H,4,8,14-15H2,1-3H3,(H,29,30);1-2H3. The molecule has 1 unspecified atom stereocenters. The number of carboxylic acid groups (broad SMARTS) is 1. The van der Waals surface area contributed by atoms with E-state index in [2.05, 4.69) is 45.5 Å². The summed E-state index contributed by atoms with van der Waals surface area (Å²) in [5, 5.41) is 13.6. The van der Waals surface area contributed by atoms with E-state index in [4.69, 9.17) is 0 Å². The van der Waals surface area contributed by atoms with Crippen LogP contribution in [0.5, 0.6) is 0 Å². The Morgan fingerprint density at radius 3 is 2.50 bits per heavy atom. The average Bonchev–Trinajstić information content (AvgIpc) is 3.30. The molecule has 2 aromatic rings. The Morgan fingerprint density at radius 1 is 1.15 bits per heavy atom. The molecule has 1 aromatic carbocycles. The first-order chi connectivity index (χ1) is 16.2. The van der Waals surface area contributed by atoms with Crippen LogP contribution in [-0.4, -0.2) is 31.1 Å². The van der Waals surface area contributed by atoms with Gasteiger partial charge in [0.2, 0.25) is 0 Å². The fourth-order valence-electron chi connectivity index (χ4n) is 2.93. The highest BCUT2D eigenvalue weighted by Crippen LogP contribution is 2.23. The van der Waals surface area contributed by atoms with Gasteiger partial charge in [-0.2, -0.15) is 11.3 Å². The van der Waals surface area contributed by atoms with Gasteiger partial charge in [-0.05, 0) is 85.7 Å². The summed E-state index contributed by atoms with van der Waals surface area (Å²) in [5.74, 6) is 3.66. The molecule has 0 bridgehead atoms. The third-order valence-corrected chi connectivity index (χ3v) is 5.24. The van der Waals surface area contributed by atoms with Crippen molar-refractivity contribution in [3.8, 4) is 23.0 Å². The molecule has 5 heteroatoms. The molecule has 1 atom stereocenters. The summed E-state index contributed by atoms with van der Waals surface area (Å²) in [7, 11) is 3.25. The zero-order valence-corrected chi connectivity index (χ0v) is 21.7. The van der Waals surface area contributed by atoms with Crippen molar-refractivity contribution in [2.45, 2.75) is 46.5 Å². The van der Waals surface area contributed by atoms with Crippen LogP contribution in [0.25, 0.3) is 17.2 Å². The lowest BCUT2D eigenvalue weighted by atomic mass is 9.95. The molecule has 0 amide bonds. The second-order valence-corrected chi connectivity index (χ2v) is 9.63. The number of Topliss-reactive ketones (excluding diaryl/α,β-unsaturated/α-hetero) is 1. The van der Waals surface area contributed by atoms with E-state index in [1.54, 1.807) is 37.7 Å². The van der Waals surface area contributed by atoms with Gasteiger partial charge in [-0.25, -0.2) is 0 Å². The van der Waals surface area contributed by atoms with Gasteiger partial charge < -0.3 is 9.84 Å². The summed E-state index contributed by atoms with van der Waals surface area (Å²) in [5.41, 5.74) is 3.40. The molecule has 4 nitrogen and oxygen atoms in total. The van der Waals surface area contributed by atoms with E-state index >= 15 is 0 Å². The number of aliphatic carboxylic acids is 1. The van der Waals surface area contributed by atoms with E-state index in [0.29, 0.717) is 6.42 Å². The van der Waals surface area contributed by atoms with Gasteiger partial charge in [0.05, 0.1) is 0 Å². The lowest BCUT2D eigenvalue weighted by Gasteiger charge is -2.08. The molecule has 0 radical (unpaired) electrons. The predicted molar refractivity (Wildman–Crippen MR) is 143 cm³/mol. The number of benzene rings is 1. The topological polar surface area (TPSA) is 63.6 Å². The SMILES string of the molecule is CC(C)(C)C#CC=CCC(C(=O)O)C(=O)CCCC=Cc1cccc(-c2ccsc2)c1.COC. The molecule has 0 aliphatic rings. The van der Waals surface area contributed by atoms with Gasteiger partial charge in [-0.15, -0.1) is 0 Å². The Hall–Kier alpha value is -2.94. The van der Waals surface area contributed by atoms with Crippen LogP contribution in [0.1, 0.15) is 52.0 Å². The van der Waals surface area contributed by atoms with Crippen LogP contribution < -0.4 is 0 Å². The first-order valence-corrected chi connectivity index (χ1v) is 12.2. The van der Waals surface area contributed by atoms with Crippen LogP contribution in [0.3, 0.4) is 0 Å². The summed E-state index contributed by atoms with van der Waals surface area (Å²) < 4.78 is 4.25. The molecule has 0 aliphatic carbocycles. The maximum absolute atomic E-state index is 12.3. The maximum atomic E-state index is 12.3. The van der Waals surface area contributed by atoms with E-state index in [1.807, 2.05) is 45.1 Å². The number of methoxy groups -OCH3 is 1. The van der Waals surface area contributed by atoms with Crippen LogP contribution in [0, 0.1) is 23.2 Å². The van der Waals surface area contributed by atoms with E-state index in [0.717, 1.165) is 12.0 Å². The van der Waals surface area contributed by atoms with Crippen molar-refractivity contribution in [3.63, 3.8) is 0 Å². The van der Waals surface area contributed by atoms with Crippen molar-refractivity contribution in [2.75, 3.05) is 14.2 Å². The Balaban J connectivity index is 0.00000182. The second kappa shape index (κ2) is 15.8. The minimum absolute atomic E-state index is 0.106. The molecule has 1 aromatic heterocycles. The van der Waals surface area contributed by atoms with Crippen molar-refractivity contribution in [2.24, 2.45) is 11.3 Å². The van der Waals surface area contributed by atoms with Crippen LogP contribution >= 0.6 is 11.3 Å². The van der Waals surface area contributed by atoms with Crippen molar-refractivity contribution in [1.29, 1.82) is 0 Å². The quantitative estimate of drug-likeness (QED) is 0.223. The molecule has 0 fully saturated rings. The van der Waals surface area contributed by atoms with Crippen LogP contribution in [-0.2, 0) is 14.3 Å². The van der Waals surface area contributed by atoms with Crippen molar-refractivity contribution in [3.05, 3.63) is 64.9 Å². The molecule has 182 valence electrons. The normalized spacial score (nSPS) is 12.0. The van der Waals surface area contributed by atoms with Gasteiger partial charge in [0.15, 0.2) is 0 Å². The highest BCUT2D eigenvalue weighted by molar-refractivity contribution is 7.08. The summed E-state index contributed by atoms with van der Waals surface area (Å²) in [6.07, 6.45) is 9.21. The van der Waals surface area contributed by atoms with Gasteiger partial charge in [-0.1, -0.05) is 48.3 Å². The highest BCUT2D eigenvalue weighted by Gasteiger charge is 2.23. The Labute approximate surface area is 208 Å². The number of ether oxygens (including phenoxy) is 1. The first kappa shape index (κ1) is 29.1. The number of allylic oxidation sites excluding steroid dienone is 3. The fourth-order valence-corrected chi connectivity index (χ4v) is 3.59. The van der Waals surface area contributed by atoms with Crippen molar-refractivity contribution in [1.82, 2.24) is 0 Å². The number of carbonyl (C=O) groups is 2. The smallest absolute Gasteiger partial charge is 0.314 e. The fraction of sp³-hybridized carbons (Fsp3) is 0.379. The number of hydrogen-bond donors (Lipinski definition) is 1. The zero-order valence-electron chi connectivity index (χ0n) is 20.8. The molecule has 34 heavy (non-hydrogen) atoms. The minimum Gasteiger partial charge on any atom is -0.481 e. The summed E-state index contributed by atoms with van der Waals surface area (Å²) in [6, 6.07) is 10.4. The third-order valence-electron chi connectivity index (χ3n) is 4.55. The number of unbranched alkanes of at least 4 members (excludes halogenated alkanes) is 1. The molecule has 0 saturated heterocycles. The van der Waals surface area contributed by atoms with Crippen molar-refractivity contribution < 1.29 is 19.4 Å². The average molecular weight is 481 g/mol. The Kier molecular flexibility index (Phi) is 13.5.